The van der Waals surface area contributed by atoms with Crippen molar-refractivity contribution >= 4 is 0 Å². The Morgan fingerprint density at radius 1 is 1.04 bits per heavy atom. The molecule has 2 aromatic carbocycles. The van der Waals surface area contributed by atoms with E-state index in [4.69, 9.17) is 14.2 Å². The predicted octanol–water partition coefficient (Wildman–Crippen LogP) is 2.56. The van der Waals surface area contributed by atoms with E-state index in [2.05, 4.69) is 11.4 Å². The van der Waals surface area contributed by atoms with Crippen LogP contribution in [0.5, 0.6) is 17.2 Å². The van der Waals surface area contributed by atoms with E-state index in [1.807, 2.05) is 36.4 Å². The van der Waals surface area contributed by atoms with Crippen molar-refractivity contribution in [2.45, 2.75) is 18.6 Å². The number of ether oxygens (including phenoxy) is 3. The average Bonchev–Trinajstić information content (AvgIpc) is 3.07. The van der Waals surface area contributed by atoms with Crippen LogP contribution in [-0.4, -0.2) is 25.1 Å². The van der Waals surface area contributed by atoms with Crippen LogP contribution >= 0.6 is 0 Å². The highest BCUT2D eigenvalue weighted by atomic mass is 16.7. The first-order valence-electron chi connectivity index (χ1n) is 7.84. The molecule has 0 saturated carbocycles. The van der Waals surface area contributed by atoms with Crippen LogP contribution in [0.1, 0.15) is 29.7 Å². The fourth-order valence-corrected chi connectivity index (χ4v) is 3.05. The fraction of sp³-hybridized carbons (Fsp3) is 0.333. The smallest absolute Gasteiger partial charge is 0.231 e. The Morgan fingerprint density at radius 2 is 1.91 bits per heavy atom. The minimum Gasteiger partial charge on any atom is -0.493 e. The molecule has 0 bridgehead atoms. The van der Waals surface area contributed by atoms with Gasteiger partial charge in [0, 0.05) is 24.6 Å². The SMILES string of the molecule is O[C@@H](CN[C@H]1CCOc2ccccc21)c1ccc2c(c1)OCO2. The maximum absolute atomic E-state index is 10.4. The summed E-state index contributed by atoms with van der Waals surface area (Å²) in [5.41, 5.74) is 1.97. The van der Waals surface area contributed by atoms with Gasteiger partial charge in [0.15, 0.2) is 11.5 Å². The molecule has 0 spiro atoms. The maximum atomic E-state index is 10.4. The lowest BCUT2D eigenvalue weighted by Crippen LogP contribution is -2.30. The summed E-state index contributed by atoms with van der Waals surface area (Å²) in [5, 5.41) is 13.9. The summed E-state index contributed by atoms with van der Waals surface area (Å²) >= 11 is 0. The molecular weight excluding hydrogens is 294 g/mol. The summed E-state index contributed by atoms with van der Waals surface area (Å²) in [5.74, 6) is 2.35. The third kappa shape index (κ3) is 2.85. The minimum absolute atomic E-state index is 0.198. The van der Waals surface area contributed by atoms with Crippen molar-refractivity contribution in [3.05, 3.63) is 53.6 Å². The molecule has 0 radical (unpaired) electrons. The van der Waals surface area contributed by atoms with Gasteiger partial charge in [-0.05, 0) is 23.8 Å². The molecule has 2 aliphatic heterocycles. The van der Waals surface area contributed by atoms with Crippen LogP contribution in [0.25, 0.3) is 0 Å². The topological polar surface area (TPSA) is 60.0 Å². The highest BCUT2D eigenvalue weighted by Crippen LogP contribution is 2.35. The Hall–Kier alpha value is -2.24. The van der Waals surface area contributed by atoms with Gasteiger partial charge in [-0.2, -0.15) is 0 Å². The molecule has 2 heterocycles. The lowest BCUT2D eigenvalue weighted by Gasteiger charge is -2.27. The first kappa shape index (κ1) is 14.4. The third-order valence-corrected chi connectivity index (χ3v) is 4.30. The Kier molecular flexibility index (Phi) is 3.81. The molecule has 2 atom stereocenters. The van der Waals surface area contributed by atoms with Crippen LogP contribution in [0.2, 0.25) is 0 Å². The number of fused-ring (bicyclic) bond motifs is 2. The van der Waals surface area contributed by atoms with Crippen LogP contribution in [0, 0.1) is 0 Å². The standard InChI is InChI=1S/C18H19NO4/c20-15(12-5-6-17-18(9-12)23-11-22-17)10-19-14-7-8-21-16-4-2-1-3-13(14)16/h1-6,9,14-15,19-20H,7-8,10-11H2/t14-,15-/m0/s1. The molecule has 0 aliphatic carbocycles. The maximum Gasteiger partial charge on any atom is 0.231 e. The van der Waals surface area contributed by atoms with Gasteiger partial charge in [-0.3, -0.25) is 0 Å². The van der Waals surface area contributed by atoms with E-state index in [0.717, 1.165) is 29.0 Å². The quantitative estimate of drug-likeness (QED) is 0.908. The zero-order valence-electron chi connectivity index (χ0n) is 12.7. The van der Waals surface area contributed by atoms with Gasteiger partial charge in [0.2, 0.25) is 6.79 Å². The summed E-state index contributed by atoms with van der Waals surface area (Å²) in [6.07, 6.45) is 0.296. The van der Waals surface area contributed by atoms with Crippen molar-refractivity contribution in [2.24, 2.45) is 0 Å². The van der Waals surface area contributed by atoms with E-state index in [0.29, 0.717) is 18.9 Å². The Balaban J connectivity index is 1.43. The third-order valence-electron chi connectivity index (χ3n) is 4.30. The Morgan fingerprint density at radius 3 is 2.87 bits per heavy atom. The lowest BCUT2D eigenvalue weighted by molar-refractivity contribution is 0.161. The normalized spacial score (nSPS) is 19.8. The second-order valence-electron chi connectivity index (χ2n) is 5.76. The molecule has 120 valence electrons. The average molecular weight is 313 g/mol. The van der Waals surface area contributed by atoms with Crippen molar-refractivity contribution in [1.29, 1.82) is 0 Å². The monoisotopic (exact) mass is 313 g/mol. The van der Waals surface area contributed by atoms with Crippen LogP contribution in [0.15, 0.2) is 42.5 Å². The number of aliphatic hydroxyl groups is 1. The predicted molar refractivity (Wildman–Crippen MR) is 84.8 cm³/mol. The van der Waals surface area contributed by atoms with Crippen molar-refractivity contribution in [3.63, 3.8) is 0 Å². The van der Waals surface area contributed by atoms with Crippen molar-refractivity contribution in [3.8, 4) is 17.2 Å². The van der Waals surface area contributed by atoms with E-state index in [9.17, 15) is 5.11 Å². The van der Waals surface area contributed by atoms with Gasteiger partial charge in [0.05, 0.1) is 12.7 Å². The molecule has 23 heavy (non-hydrogen) atoms. The highest BCUT2D eigenvalue weighted by Gasteiger charge is 2.22. The van der Waals surface area contributed by atoms with E-state index >= 15 is 0 Å². The van der Waals surface area contributed by atoms with Crippen molar-refractivity contribution in [1.82, 2.24) is 5.32 Å². The van der Waals surface area contributed by atoms with Gasteiger partial charge in [-0.15, -0.1) is 0 Å². The second-order valence-corrected chi connectivity index (χ2v) is 5.76. The summed E-state index contributed by atoms with van der Waals surface area (Å²) in [4.78, 5) is 0. The molecule has 0 unspecified atom stereocenters. The lowest BCUT2D eigenvalue weighted by atomic mass is 10.00. The summed E-state index contributed by atoms with van der Waals surface area (Å²) < 4.78 is 16.3. The first-order valence-corrected chi connectivity index (χ1v) is 7.84. The first-order chi connectivity index (χ1) is 11.3. The highest BCUT2D eigenvalue weighted by molar-refractivity contribution is 5.45. The van der Waals surface area contributed by atoms with Crippen molar-refractivity contribution in [2.75, 3.05) is 19.9 Å². The van der Waals surface area contributed by atoms with E-state index < -0.39 is 6.10 Å². The summed E-state index contributed by atoms with van der Waals surface area (Å²) in [6, 6.07) is 13.8. The number of para-hydroxylation sites is 1. The number of benzene rings is 2. The number of aliphatic hydroxyl groups excluding tert-OH is 1. The number of hydrogen-bond donors (Lipinski definition) is 2. The second kappa shape index (κ2) is 6.10. The number of hydrogen-bond acceptors (Lipinski definition) is 5. The molecule has 5 heteroatoms. The van der Waals surface area contributed by atoms with Gasteiger partial charge < -0.3 is 24.6 Å². The molecule has 2 aliphatic rings. The van der Waals surface area contributed by atoms with E-state index in [1.54, 1.807) is 0 Å². The zero-order valence-corrected chi connectivity index (χ0v) is 12.7. The molecule has 5 nitrogen and oxygen atoms in total. The van der Waals surface area contributed by atoms with E-state index in [1.165, 1.54) is 0 Å². The Bertz CT molecular complexity index is 703. The van der Waals surface area contributed by atoms with E-state index in [-0.39, 0.29) is 12.8 Å². The molecule has 0 amide bonds. The minimum atomic E-state index is -0.598. The van der Waals surface area contributed by atoms with Crippen LogP contribution in [-0.2, 0) is 0 Å². The van der Waals surface area contributed by atoms with Gasteiger partial charge in [-0.25, -0.2) is 0 Å². The summed E-state index contributed by atoms with van der Waals surface area (Å²) in [7, 11) is 0. The van der Waals surface area contributed by atoms with Gasteiger partial charge >= 0.3 is 0 Å². The van der Waals surface area contributed by atoms with Crippen LogP contribution in [0.4, 0.5) is 0 Å². The molecule has 0 fully saturated rings. The number of nitrogens with one attached hydrogen (secondary N) is 1. The zero-order chi connectivity index (χ0) is 15.6. The molecule has 0 aromatic heterocycles. The van der Waals surface area contributed by atoms with Crippen LogP contribution in [0.3, 0.4) is 0 Å². The summed E-state index contributed by atoms with van der Waals surface area (Å²) in [6.45, 7) is 1.40. The van der Waals surface area contributed by atoms with Crippen molar-refractivity contribution < 1.29 is 19.3 Å². The van der Waals surface area contributed by atoms with Crippen LogP contribution < -0.4 is 19.5 Å². The Labute approximate surface area is 134 Å². The molecule has 0 saturated heterocycles. The number of rotatable bonds is 4. The fourth-order valence-electron chi connectivity index (χ4n) is 3.05. The molecule has 4 rings (SSSR count). The largest absolute Gasteiger partial charge is 0.493 e. The molecular formula is C18H19NO4. The van der Waals surface area contributed by atoms with Gasteiger partial charge in [-0.1, -0.05) is 24.3 Å². The molecule has 2 aromatic rings. The van der Waals surface area contributed by atoms with Gasteiger partial charge in [0.25, 0.3) is 0 Å². The molecule has 2 N–H and O–H groups in total. The van der Waals surface area contributed by atoms with Gasteiger partial charge in [0.1, 0.15) is 5.75 Å².